The fraction of sp³-hybridized carbons (Fsp3) is 0.478. The summed E-state index contributed by atoms with van der Waals surface area (Å²) in [6.45, 7) is 2.02. The largest absolute Gasteiger partial charge is 0.493 e. The number of halogens is 1. The quantitative estimate of drug-likeness (QED) is 0.243. The second-order valence-corrected chi connectivity index (χ2v) is 9.43. The van der Waals surface area contributed by atoms with Gasteiger partial charge in [-0.05, 0) is 53.4 Å². The normalized spacial score (nSPS) is 14.1. The van der Waals surface area contributed by atoms with Gasteiger partial charge in [0.15, 0.2) is 18.1 Å². The molecule has 0 saturated heterocycles. The van der Waals surface area contributed by atoms with Crippen molar-refractivity contribution in [2.45, 2.75) is 51.5 Å². The molecule has 1 amide bonds. The predicted molar refractivity (Wildman–Crippen MR) is 135 cm³/mol. The number of nitrogens with zero attached hydrogens (tertiary/aromatic N) is 2. The molecule has 3 rings (SSSR count). The lowest BCUT2D eigenvalue weighted by molar-refractivity contribution is -0.142. The van der Waals surface area contributed by atoms with Crippen molar-refractivity contribution in [1.82, 2.24) is 10.3 Å². The maximum absolute atomic E-state index is 12.3. The number of carbonyl (C=O) groups is 2. The summed E-state index contributed by atoms with van der Waals surface area (Å²) in [7, 11) is 1.54. The zero-order valence-electron chi connectivity index (χ0n) is 19.3. The van der Waals surface area contributed by atoms with E-state index in [4.69, 9.17) is 14.2 Å². The molecule has 0 atom stereocenters. The van der Waals surface area contributed by atoms with Crippen LogP contribution in [0, 0.1) is 0 Å². The number of amides is 1. The van der Waals surface area contributed by atoms with Crippen molar-refractivity contribution in [3.05, 3.63) is 33.2 Å². The van der Waals surface area contributed by atoms with Crippen LogP contribution in [-0.4, -0.2) is 49.4 Å². The number of benzene rings is 1. The fourth-order valence-corrected chi connectivity index (χ4v) is 4.80. The summed E-state index contributed by atoms with van der Waals surface area (Å²) in [6, 6.07) is 3.81. The number of methoxy groups -OCH3 is 1. The van der Waals surface area contributed by atoms with Gasteiger partial charge in [-0.3, -0.25) is 15.0 Å². The number of anilines is 1. The van der Waals surface area contributed by atoms with Crippen LogP contribution in [0.25, 0.3) is 0 Å². The molecule has 0 aliphatic heterocycles. The van der Waals surface area contributed by atoms with Crippen LogP contribution >= 0.6 is 27.3 Å². The Morgan fingerprint density at radius 3 is 2.82 bits per heavy atom. The maximum atomic E-state index is 12.3. The summed E-state index contributed by atoms with van der Waals surface area (Å²) in [6.07, 6.45) is 7.32. The van der Waals surface area contributed by atoms with Crippen LogP contribution < -0.4 is 20.2 Å². The van der Waals surface area contributed by atoms with Crippen LogP contribution in [0.1, 0.15) is 50.3 Å². The van der Waals surface area contributed by atoms with Crippen LogP contribution in [0.3, 0.4) is 0 Å². The first-order chi connectivity index (χ1) is 16.5. The zero-order chi connectivity index (χ0) is 24.3. The molecule has 2 aromatic rings. The van der Waals surface area contributed by atoms with Crippen molar-refractivity contribution < 1.29 is 23.8 Å². The Balaban J connectivity index is 1.55. The monoisotopic (exact) mass is 552 g/mol. The van der Waals surface area contributed by atoms with Gasteiger partial charge in [0.05, 0.1) is 36.5 Å². The first-order valence-corrected chi connectivity index (χ1v) is 12.8. The molecule has 11 heteroatoms. The summed E-state index contributed by atoms with van der Waals surface area (Å²) in [5, 5.41) is 9.58. The highest BCUT2D eigenvalue weighted by atomic mass is 79.9. The Hall–Kier alpha value is -2.66. The number of thiazole rings is 1. The van der Waals surface area contributed by atoms with Gasteiger partial charge >= 0.3 is 5.97 Å². The van der Waals surface area contributed by atoms with Crippen molar-refractivity contribution in [2.24, 2.45) is 5.10 Å². The number of rotatable bonds is 11. The smallest absolute Gasteiger partial charge is 0.311 e. The number of nitrogens with one attached hydrogen (secondary N) is 2. The second-order valence-electron chi connectivity index (χ2n) is 7.72. The van der Waals surface area contributed by atoms with E-state index in [2.05, 4.69) is 36.8 Å². The van der Waals surface area contributed by atoms with E-state index in [0.717, 1.165) is 31.2 Å². The molecule has 0 spiro atoms. The maximum Gasteiger partial charge on any atom is 0.311 e. The van der Waals surface area contributed by atoms with Gasteiger partial charge in [-0.2, -0.15) is 5.10 Å². The van der Waals surface area contributed by atoms with Gasteiger partial charge in [0.25, 0.3) is 5.91 Å². The highest BCUT2D eigenvalue weighted by molar-refractivity contribution is 9.10. The van der Waals surface area contributed by atoms with Gasteiger partial charge in [0.2, 0.25) is 5.13 Å². The number of aromatic nitrogens is 1. The Morgan fingerprint density at radius 1 is 1.29 bits per heavy atom. The first kappa shape index (κ1) is 26.0. The Labute approximate surface area is 211 Å². The van der Waals surface area contributed by atoms with E-state index >= 15 is 0 Å². The van der Waals surface area contributed by atoms with Gasteiger partial charge in [0.1, 0.15) is 0 Å². The third-order valence-electron chi connectivity index (χ3n) is 5.13. The highest BCUT2D eigenvalue weighted by Crippen LogP contribution is 2.36. The molecule has 2 N–H and O–H groups in total. The molecule has 0 radical (unpaired) electrons. The van der Waals surface area contributed by atoms with Gasteiger partial charge in [0, 0.05) is 11.4 Å². The lowest BCUT2D eigenvalue weighted by atomic mass is 9.95. The standard InChI is InChI=1S/C23H29BrN4O5S/c1-3-32-21(30)11-17-14-34-23(27-17)28-25-12-15-9-18(24)22(19(10-15)31-2)33-13-20(29)26-16-7-5-4-6-8-16/h9-10,12,14,16H,3-8,11,13H2,1-2H3,(H,26,29)(H,27,28). The predicted octanol–water partition coefficient (Wildman–Crippen LogP) is 4.29. The summed E-state index contributed by atoms with van der Waals surface area (Å²) in [5.74, 6) is 0.484. The van der Waals surface area contributed by atoms with E-state index in [1.165, 1.54) is 24.9 Å². The summed E-state index contributed by atoms with van der Waals surface area (Å²) >= 11 is 4.83. The summed E-state index contributed by atoms with van der Waals surface area (Å²) < 4.78 is 16.8. The molecular weight excluding hydrogens is 524 g/mol. The molecule has 1 fully saturated rings. The SMILES string of the molecule is CCOC(=O)Cc1csc(NN=Cc2cc(Br)c(OCC(=O)NC3CCCCC3)c(OC)c2)n1. The van der Waals surface area contributed by atoms with Crippen molar-refractivity contribution in [2.75, 3.05) is 25.7 Å². The highest BCUT2D eigenvalue weighted by Gasteiger charge is 2.18. The lowest BCUT2D eigenvalue weighted by Gasteiger charge is -2.23. The summed E-state index contributed by atoms with van der Waals surface area (Å²) in [4.78, 5) is 28.2. The van der Waals surface area contributed by atoms with Crippen molar-refractivity contribution in [1.29, 1.82) is 0 Å². The number of hydrogen-bond donors (Lipinski definition) is 2. The molecule has 1 aromatic heterocycles. The fourth-order valence-electron chi connectivity index (χ4n) is 3.57. The number of hydrogen-bond acceptors (Lipinski definition) is 9. The minimum atomic E-state index is -0.312. The van der Waals surface area contributed by atoms with Crippen LogP contribution in [0.15, 0.2) is 27.1 Å². The molecule has 1 heterocycles. The number of hydrazone groups is 1. The minimum Gasteiger partial charge on any atom is -0.493 e. The van der Waals surface area contributed by atoms with E-state index in [-0.39, 0.29) is 30.9 Å². The van der Waals surface area contributed by atoms with Crippen LogP contribution in [-0.2, 0) is 20.7 Å². The van der Waals surface area contributed by atoms with Gasteiger partial charge in [-0.15, -0.1) is 11.3 Å². The number of esters is 1. The Bertz CT molecular complexity index is 1010. The minimum absolute atomic E-state index is 0.0847. The van der Waals surface area contributed by atoms with Crippen LogP contribution in [0.2, 0.25) is 0 Å². The van der Waals surface area contributed by atoms with E-state index in [9.17, 15) is 9.59 Å². The van der Waals surface area contributed by atoms with E-state index in [0.29, 0.717) is 33.4 Å². The molecule has 34 heavy (non-hydrogen) atoms. The molecule has 184 valence electrons. The van der Waals surface area contributed by atoms with E-state index < -0.39 is 0 Å². The van der Waals surface area contributed by atoms with Gasteiger partial charge in [-0.25, -0.2) is 4.98 Å². The summed E-state index contributed by atoms with van der Waals surface area (Å²) in [5.41, 5.74) is 4.23. The molecule has 1 aliphatic carbocycles. The molecule has 1 aromatic carbocycles. The topological polar surface area (TPSA) is 111 Å². The zero-order valence-corrected chi connectivity index (χ0v) is 21.7. The molecule has 0 bridgehead atoms. The Morgan fingerprint density at radius 2 is 2.09 bits per heavy atom. The van der Waals surface area contributed by atoms with Crippen LogP contribution in [0.4, 0.5) is 5.13 Å². The average Bonchev–Trinajstić information content (AvgIpc) is 3.25. The molecule has 1 aliphatic rings. The lowest BCUT2D eigenvalue weighted by Crippen LogP contribution is -2.39. The van der Waals surface area contributed by atoms with E-state index in [1.807, 2.05) is 6.07 Å². The van der Waals surface area contributed by atoms with Gasteiger partial charge < -0.3 is 19.5 Å². The molecule has 1 saturated carbocycles. The third-order valence-corrected chi connectivity index (χ3v) is 6.51. The molecule has 9 nitrogen and oxygen atoms in total. The number of carbonyl (C=O) groups excluding carboxylic acids is 2. The average molecular weight is 553 g/mol. The van der Waals surface area contributed by atoms with Crippen molar-refractivity contribution >= 4 is 50.5 Å². The first-order valence-electron chi connectivity index (χ1n) is 11.2. The Kier molecular flexibility index (Phi) is 10.1. The second kappa shape index (κ2) is 13.3. The van der Waals surface area contributed by atoms with Crippen molar-refractivity contribution in [3.63, 3.8) is 0 Å². The molecular formula is C23H29BrN4O5S. The van der Waals surface area contributed by atoms with E-state index in [1.54, 1.807) is 24.6 Å². The van der Waals surface area contributed by atoms with Crippen molar-refractivity contribution in [3.8, 4) is 11.5 Å². The number of ether oxygens (including phenoxy) is 3. The molecule has 0 unspecified atom stereocenters. The van der Waals surface area contributed by atoms with Crippen LogP contribution in [0.5, 0.6) is 11.5 Å². The third kappa shape index (κ3) is 7.98. The van der Waals surface area contributed by atoms with Gasteiger partial charge in [-0.1, -0.05) is 19.3 Å².